The highest BCUT2D eigenvalue weighted by molar-refractivity contribution is 6.04. The first-order valence-corrected chi connectivity index (χ1v) is 7.94. The van der Waals surface area contributed by atoms with Crippen LogP contribution in [0.15, 0.2) is 60.2 Å². The maximum atomic E-state index is 13.1. The van der Waals surface area contributed by atoms with E-state index in [9.17, 15) is 22.8 Å². The Labute approximate surface area is 152 Å². The first-order valence-electron chi connectivity index (χ1n) is 7.94. The Morgan fingerprint density at radius 3 is 2.41 bits per heavy atom. The lowest BCUT2D eigenvalue weighted by atomic mass is 9.92. The van der Waals surface area contributed by atoms with E-state index in [0.717, 1.165) is 19.2 Å². The van der Waals surface area contributed by atoms with Crippen molar-refractivity contribution in [3.8, 4) is 0 Å². The molecule has 0 saturated carbocycles. The number of methoxy groups -OCH3 is 1. The van der Waals surface area contributed by atoms with E-state index < -0.39 is 29.8 Å². The van der Waals surface area contributed by atoms with Gasteiger partial charge in [-0.25, -0.2) is 9.59 Å². The van der Waals surface area contributed by atoms with Crippen molar-refractivity contribution < 1.29 is 27.5 Å². The summed E-state index contributed by atoms with van der Waals surface area (Å²) in [6.45, 7) is 0. The van der Waals surface area contributed by atoms with Crippen molar-refractivity contribution in [1.82, 2.24) is 10.6 Å². The van der Waals surface area contributed by atoms with Crippen molar-refractivity contribution in [3.05, 3.63) is 76.9 Å². The van der Waals surface area contributed by atoms with Gasteiger partial charge in [0.25, 0.3) is 0 Å². The topological polar surface area (TPSA) is 67.4 Å². The molecule has 1 atom stereocenters. The molecule has 5 nitrogen and oxygen atoms in total. The summed E-state index contributed by atoms with van der Waals surface area (Å²) in [5.41, 5.74) is -0.0206. The zero-order valence-corrected chi connectivity index (χ0v) is 14.1. The van der Waals surface area contributed by atoms with Crippen LogP contribution in [0.5, 0.6) is 0 Å². The maximum absolute atomic E-state index is 13.1. The number of ether oxygens (including phenoxy) is 1. The van der Waals surface area contributed by atoms with Crippen molar-refractivity contribution in [3.63, 3.8) is 0 Å². The van der Waals surface area contributed by atoms with Crippen molar-refractivity contribution in [1.29, 1.82) is 0 Å². The number of rotatable bonds is 3. The van der Waals surface area contributed by atoms with Gasteiger partial charge in [-0.1, -0.05) is 42.5 Å². The molecule has 1 aliphatic heterocycles. The van der Waals surface area contributed by atoms with E-state index in [2.05, 4.69) is 10.6 Å². The van der Waals surface area contributed by atoms with E-state index in [-0.39, 0.29) is 16.8 Å². The molecule has 2 N–H and O–H groups in total. The lowest BCUT2D eigenvalue weighted by Crippen LogP contribution is -2.45. The standard InChI is InChI=1S/C19H15F3N2O3/c1-27-17(25)14-15(11-6-3-2-4-7-11)23-18(26)24-16(14)12-8-5-9-13(10-12)19(20,21)22/h2-10,16H,1H3,(H2,23,24,26). The third-order valence-corrected chi connectivity index (χ3v) is 4.09. The molecule has 3 rings (SSSR count). The molecule has 0 aliphatic carbocycles. The Hall–Kier alpha value is -3.29. The number of carbonyl (C=O) groups is 2. The molecular formula is C19H15F3N2O3. The highest BCUT2D eigenvalue weighted by Gasteiger charge is 2.36. The van der Waals surface area contributed by atoms with Crippen LogP contribution in [0.4, 0.5) is 18.0 Å². The van der Waals surface area contributed by atoms with Crippen molar-refractivity contribution in [2.45, 2.75) is 12.2 Å². The molecule has 8 heteroatoms. The van der Waals surface area contributed by atoms with Gasteiger partial charge < -0.3 is 15.4 Å². The minimum Gasteiger partial charge on any atom is -0.466 e. The van der Waals surface area contributed by atoms with Gasteiger partial charge in [-0.2, -0.15) is 13.2 Å². The van der Waals surface area contributed by atoms with Crippen LogP contribution in [0.3, 0.4) is 0 Å². The Morgan fingerprint density at radius 2 is 1.78 bits per heavy atom. The molecule has 0 fully saturated rings. The van der Waals surface area contributed by atoms with Crippen LogP contribution in [-0.4, -0.2) is 19.1 Å². The first kappa shape index (κ1) is 18.5. The summed E-state index contributed by atoms with van der Waals surface area (Å²) in [7, 11) is 1.16. The number of halogens is 3. The fourth-order valence-electron chi connectivity index (χ4n) is 2.87. The molecule has 0 aromatic heterocycles. The number of hydrogen-bond donors (Lipinski definition) is 2. The van der Waals surface area contributed by atoms with Crippen LogP contribution in [0.25, 0.3) is 5.70 Å². The van der Waals surface area contributed by atoms with Crippen LogP contribution in [0.1, 0.15) is 22.7 Å². The Bertz CT molecular complexity index is 908. The van der Waals surface area contributed by atoms with Crippen LogP contribution in [0, 0.1) is 0 Å². The van der Waals surface area contributed by atoms with E-state index in [1.807, 2.05) is 0 Å². The van der Waals surface area contributed by atoms with E-state index >= 15 is 0 Å². The number of esters is 1. The van der Waals surface area contributed by atoms with Gasteiger partial charge in [0.05, 0.1) is 30.0 Å². The third kappa shape index (κ3) is 3.79. The first-order chi connectivity index (χ1) is 12.8. The van der Waals surface area contributed by atoms with Crippen molar-refractivity contribution in [2.75, 3.05) is 7.11 Å². The molecule has 1 heterocycles. The predicted octanol–water partition coefficient (Wildman–Crippen LogP) is 3.64. The van der Waals surface area contributed by atoms with E-state index in [0.29, 0.717) is 5.56 Å². The van der Waals surface area contributed by atoms with Gasteiger partial charge in [0.15, 0.2) is 0 Å². The average molecular weight is 376 g/mol. The highest BCUT2D eigenvalue weighted by Crippen LogP contribution is 2.35. The molecular weight excluding hydrogens is 361 g/mol. The number of urea groups is 1. The quantitative estimate of drug-likeness (QED) is 0.804. The minimum absolute atomic E-state index is 0.0163. The number of amides is 2. The van der Waals surface area contributed by atoms with Crippen LogP contribution in [-0.2, 0) is 15.7 Å². The zero-order chi connectivity index (χ0) is 19.6. The maximum Gasteiger partial charge on any atom is 0.416 e. The predicted molar refractivity (Wildman–Crippen MR) is 91.2 cm³/mol. The normalized spacial score (nSPS) is 17.2. The van der Waals surface area contributed by atoms with Crippen LogP contribution in [0.2, 0.25) is 0 Å². The van der Waals surface area contributed by atoms with Gasteiger partial charge in [-0.15, -0.1) is 0 Å². The van der Waals surface area contributed by atoms with E-state index in [4.69, 9.17) is 4.74 Å². The lowest BCUT2D eigenvalue weighted by Gasteiger charge is -2.29. The minimum atomic E-state index is -4.55. The molecule has 140 valence electrons. The van der Waals surface area contributed by atoms with E-state index in [1.54, 1.807) is 30.3 Å². The van der Waals surface area contributed by atoms with Gasteiger partial charge in [0, 0.05) is 0 Å². The molecule has 0 saturated heterocycles. The fraction of sp³-hybridized carbons (Fsp3) is 0.158. The molecule has 0 radical (unpaired) electrons. The number of hydrogen-bond acceptors (Lipinski definition) is 3. The third-order valence-electron chi connectivity index (χ3n) is 4.09. The van der Waals surface area contributed by atoms with Crippen molar-refractivity contribution in [2.24, 2.45) is 0 Å². The van der Waals surface area contributed by atoms with Gasteiger partial charge in [0.1, 0.15) is 0 Å². The molecule has 1 unspecified atom stereocenters. The second-order valence-corrected chi connectivity index (χ2v) is 5.80. The monoisotopic (exact) mass is 376 g/mol. The zero-order valence-electron chi connectivity index (χ0n) is 14.1. The summed E-state index contributed by atoms with van der Waals surface area (Å²) in [5, 5.41) is 5.05. The highest BCUT2D eigenvalue weighted by atomic mass is 19.4. The average Bonchev–Trinajstić information content (AvgIpc) is 2.67. The summed E-state index contributed by atoms with van der Waals surface area (Å²) >= 11 is 0. The molecule has 2 aromatic rings. The molecule has 2 aromatic carbocycles. The van der Waals surface area contributed by atoms with Gasteiger partial charge >= 0.3 is 18.2 Å². The number of alkyl halides is 3. The van der Waals surface area contributed by atoms with Gasteiger partial charge in [-0.3, -0.25) is 0 Å². The second-order valence-electron chi connectivity index (χ2n) is 5.80. The largest absolute Gasteiger partial charge is 0.466 e. The number of carbonyl (C=O) groups excluding carboxylic acids is 2. The molecule has 27 heavy (non-hydrogen) atoms. The summed E-state index contributed by atoms with van der Waals surface area (Å²) in [4.78, 5) is 24.6. The van der Waals surface area contributed by atoms with Crippen LogP contribution < -0.4 is 10.6 Å². The van der Waals surface area contributed by atoms with Crippen LogP contribution >= 0.6 is 0 Å². The summed E-state index contributed by atoms with van der Waals surface area (Å²) in [6.07, 6.45) is -4.55. The second kappa shape index (κ2) is 7.14. The Kier molecular flexibility index (Phi) is 4.89. The fourth-order valence-corrected chi connectivity index (χ4v) is 2.87. The SMILES string of the molecule is COC(=O)C1=C(c2ccccc2)NC(=O)NC1c1cccc(C(F)(F)F)c1. The van der Waals surface area contributed by atoms with Gasteiger partial charge in [0.2, 0.25) is 0 Å². The summed E-state index contributed by atoms with van der Waals surface area (Å²) in [6, 6.07) is 11.3. The molecule has 1 aliphatic rings. The molecule has 0 bridgehead atoms. The van der Waals surface area contributed by atoms with Gasteiger partial charge in [-0.05, 0) is 23.3 Å². The summed E-state index contributed by atoms with van der Waals surface area (Å²) in [5.74, 6) is -0.760. The Morgan fingerprint density at radius 1 is 1.07 bits per heavy atom. The summed E-state index contributed by atoms with van der Waals surface area (Å²) < 4.78 is 44.0. The smallest absolute Gasteiger partial charge is 0.416 e. The number of benzene rings is 2. The molecule has 0 spiro atoms. The van der Waals surface area contributed by atoms with E-state index in [1.165, 1.54) is 12.1 Å². The lowest BCUT2D eigenvalue weighted by molar-refractivity contribution is -0.137. The number of nitrogens with one attached hydrogen (secondary N) is 2. The van der Waals surface area contributed by atoms with Crippen molar-refractivity contribution >= 4 is 17.7 Å². The molecule has 2 amide bonds. The Balaban J connectivity index is 2.18.